The number of anilines is 1. The van der Waals surface area contributed by atoms with Gasteiger partial charge in [0.05, 0.1) is 12.5 Å². The summed E-state index contributed by atoms with van der Waals surface area (Å²) in [5.74, 6) is -0.233. The largest absolute Gasteiger partial charge is 0.380 e. The highest BCUT2D eigenvalue weighted by Crippen LogP contribution is 2.13. The summed E-state index contributed by atoms with van der Waals surface area (Å²) in [6, 6.07) is 6.89. The lowest BCUT2D eigenvalue weighted by Gasteiger charge is -2.12. The molecule has 1 unspecified atom stereocenters. The average Bonchev–Trinajstić information content (AvgIpc) is 2.51. The van der Waals surface area contributed by atoms with E-state index in [0.717, 1.165) is 0 Å². The van der Waals surface area contributed by atoms with Gasteiger partial charge < -0.3 is 21.1 Å². The summed E-state index contributed by atoms with van der Waals surface area (Å²) in [6.45, 7) is 0.737. The Hall–Kier alpha value is -1.34. The molecule has 0 spiro atoms. The Labute approximate surface area is 147 Å². The second kappa shape index (κ2) is 12.1. The number of methoxy groups -OCH3 is 1. The predicted octanol–water partition coefficient (Wildman–Crippen LogP) is 1.96. The number of carbonyl (C=O) groups is 2. The van der Waals surface area contributed by atoms with Gasteiger partial charge in [0.25, 0.3) is 0 Å². The van der Waals surface area contributed by atoms with Gasteiger partial charge in [0.1, 0.15) is 0 Å². The number of rotatable bonds is 9. The van der Waals surface area contributed by atoms with E-state index in [1.165, 1.54) is 7.11 Å². The maximum atomic E-state index is 11.7. The molecule has 4 N–H and O–H groups in total. The molecule has 130 valence electrons. The quantitative estimate of drug-likeness (QED) is 0.584. The monoisotopic (exact) mass is 363 g/mol. The Bertz CT molecular complexity index is 479. The minimum absolute atomic E-state index is 0. The van der Waals surface area contributed by atoms with Crippen molar-refractivity contribution in [1.82, 2.24) is 5.32 Å². The van der Waals surface area contributed by atoms with E-state index in [4.69, 9.17) is 22.1 Å². The van der Waals surface area contributed by atoms with Gasteiger partial charge in [-0.25, -0.2) is 0 Å². The first-order valence-corrected chi connectivity index (χ1v) is 7.48. The van der Waals surface area contributed by atoms with Crippen molar-refractivity contribution >= 4 is 41.5 Å². The maximum absolute atomic E-state index is 11.7. The molecule has 0 aliphatic carbocycles. The molecule has 0 aliphatic rings. The molecule has 0 bridgehead atoms. The van der Waals surface area contributed by atoms with Crippen LogP contribution >= 0.6 is 24.0 Å². The van der Waals surface area contributed by atoms with Gasteiger partial charge in [0.2, 0.25) is 11.8 Å². The second-order valence-electron chi connectivity index (χ2n) is 4.81. The van der Waals surface area contributed by atoms with E-state index in [-0.39, 0.29) is 36.7 Å². The number of benzene rings is 1. The summed E-state index contributed by atoms with van der Waals surface area (Å²) in [4.78, 5) is 23.3. The first-order valence-electron chi connectivity index (χ1n) is 7.10. The molecule has 1 atom stereocenters. The Morgan fingerprint density at radius 3 is 2.48 bits per heavy atom. The molecule has 0 heterocycles. The van der Waals surface area contributed by atoms with E-state index >= 15 is 0 Å². The first kappa shape index (κ1) is 21.7. The zero-order valence-corrected chi connectivity index (χ0v) is 14.6. The summed E-state index contributed by atoms with van der Waals surface area (Å²) < 4.78 is 5.03. The molecular formula is C15H23Cl2N3O3. The molecule has 0 fully saturated rings. The number of carbonyl (C=O) groups excluding carboxylic acids is 2. The third-order valence-electron chi connectivity index (χ3n) is 3.04. The minimum Gasteiger partial charge on any atom is -0.380 e. The standard InChI is InChI=1S/C15H22ClN3O3.ClH/c1-22-13(10-17)9-15(21)18-8-2-3-14(20)19-12-6-4-11(16)5-7-12;/h4-7,13H,2-3,8-10,17H2,1H3,(H,18,21)(H,19,20);1H. The fourth-order valence-corrected chi connectivity index (χ4v) is 1.90. The van der Waals surface area contributed by atoms with Crippen molar-refractivity contribution in [3.05, 3.63) is 29.3 Å². The van der Waals surface area contributed by atoms with Crippen molar-refractivity contribution in [3.63, 3.8) is 0 Å². The highest BCUT2D eigenvalue weighted by Gasteiger charge is 2.11. The van der Waals surface area contributed by atoms with Gasteiger partial charge in [-0.3, -0.25) is 9.59 Å². The number of halogens is 2. The van der Waals surface area contributed by atoms with Crippen LogP contribution in [-0.4, -0.2) is 38.1 Å². The van der Waals surface area contributed by atoms with E-state index in [1.807, 2.05) is 0 Å². The summed E-state index contributed by atoms with van der Waals surface area (Å²) in [5, 5.41) is 6.12. The molecular weight excluding hydrogens is 341 g/mol. The second-order valence-corrected chi connectivity index (χ2v) is 5.24. The van der Waals surface area contributed by atoms with Gasteiger partial charge in [-0.05, 0) is 30.7 Å². The van der Waals surface area contributed by atoms with Crippen LogP contribution in [0.4, 0.5) is 5.69 Å². The number of hydrogen-bond acceptors (Lipinski definition) is 4. The number of ether oxygens (including phenoxy) is 1. The summed E-state index contributed by atoms with van der Waals surface area (Å²) in [7, 11) is 1.52. The smallest absolute Gasteiger partial charge is 0.224 e. The Morgan fingerprint density at radius 1 is 1.26 bits per heavy atom. The van der Waals surface area contributed by atoms with Crippen molar-refractivity contribution in [2.45, 2.75) is 25.4 Å². The van der Waals surface area contributed by atoms with E-state index in [2.05, 4.69) is 10.6 Å². The Kier molecular flexibility index (Phi) is 11.4. The fourth-order valence-electron chi connectivity index (χ4n) is 1.78. The van der Waals surface area contributed by atoms with Gasteiger partial charge in [-0.2, -0.15) is 0 Å². The molecule has 23 heavy (non-hydrogen) atoms. The number of nitrogens with two attached hydrogens (primary N) is 1. The summed E-state index contributed by atoms with van der Waals surface area (Å²) >= 11 is 5.77. The number of amides is 2. The van der Waals surface area contributed by atoms with Crippen molar-refractivity contribution in [1.29, 1.82) is 0 Å². The van der Waals surface area contributed by atoms with Crippen molar-refractivity contribution in [2.75, 3.05) is 25.5 Å². The molecule has 0 aliphatic heterocycles. The van der Waals surface area contributed by atoms with Crippen LogP contribution in [0, 0.1) is 0 Å². The predicted molar refractivity (Wildman–Crippen MR) is 94.0 cm³/mol. The summed E-state index contributed by atoms with van der Waals surface area (Å²) in [6.07, 6.45) is 0.844. The summed E-state index contributed by atoms with van der Waals surface area (Å²) in [5.41, 5.74) is 6.14. The molecule has 8 heteroatoms. The molecule has 0 aromatic heterocycles. The van der Waals surface area contributed by atoms with E-state index in [0.29, 0.717) is 36.6 Å². The highest BCUT2D eigenvalue weighted by atomic mass is 35.5. The molecule has 0 saturated carbocycles. The zero-order chi connectivity index (χ0) is 16.4. The first-order chi connectivity index (χ1) is 10.5. The van der Waals surface area contributed by atoms with Gasteiger partial charge in [0.15, 0.2) is 0 Å². The van der Waals surface area contributed by atoms with Crippen molar-refractivity contribution in [2.24, 2.45) is 5.73 Å². The SMILES string of the molecule is COC(CN)CC(=O)NCCCC(=O)Nc1ccc(Cl)cc1.Cl. The van der Waals surface area contributed by atoms with Gasteiger partial charge in [-0.15, -0.1) is 12.4 Å². The van der Waals surface area contributed by atoms with Gasteiger partial charge in [-0.1, -0.05) is 11.6 Å². The van der Waals surface area contributed by atoms with Crippen LogP contribution in [-0.2, 0) is 14.3 Å². The third-order valence-corrected chi connectivity index (χ3v) is 3.29. The number of hydrogen-bond donors (Lipinski definition) is 3. The van der Waals surface area contributed by atoms with Crippen molar-refractivity contribution < 1.29 is 14.3 Å². The molecule has 1 aromatic carbocycles. The van der Waals surface area contributed by atoms with E-state index < -0.39 is 0 Å². The van der Waals surface area contributed by atoms with E-state index in [1.54, 1.807) is 24.3 Å². The Morgan fingerprint density at radius 2 is 1.91 bits per heavy atom. The van der Waals surface area contributed by atoms with Crippen LogP contribution in [0.1, 0.15) is 19.3 Å². The van der Waals surface area contributed by atoms with Crippen LogP contribution in [0.15, 0.2) is 24.3 Å². The minimum atomic E-state index is -0.270. The maximum Gasteiger partial charge on any atom is 0.224 e. The van der Waals surface area contributed by atoms with E-state index in [9.17, 15) is 9.59 Å². The lowest BCUT2D eigenvalue weighted by Crippen LogP contribution is -2.32. The van der Waals surface area contributed by atoms with Gasteiger partial charge >= 0.3 is 0 Å². The third kappa shape index (κ3) is 9.40. The van der Waals surface area contributed by atoms with Crippen molar-refractivity contribution in [3.8, 4) is 0 Å². The normalized spacial score (nSPS) is 11.3. The number of nitrogens with one attached hydrogen (secondary N) is 2. The Balaban J connectivity index is 0.00000484. The van der Waals surface area contributed by atoms with Crippen LogP contribution in [0.5, 0.6) is 0 Å². The fraction of sp³-hybridized carbons (Fsp3) is 0.467. The molecule has 0 saturated heterocycles. The molecule has 0 radical (unpaired) electrons. The lowest BCUT2D eigenvalue weighted by atomic mass is 10.2. The zero-order valence-electron chi connectivity index (χ0n) is 13.0. The van der Waals surface area contributed by atoms with Crippen LogP contribution in [0.3, 0.4) is 0 Å². The van der Waals surface area contributed by atoms with Crippen LogP contribution < -0.4 is 16.4 Å². The molecule has 1 rings (SSSR count). The molecule has 1 aromatic rings. The molecule has 2 amide bonds. The topological polar surface area (TPSA) is 93.4 Å². The highest BCUT2D eigenvalue weighted by molar-refractivity contribution is 6.30. The van der Waals surface area contributed by atoms with Gasteiger partial charge in [0, 0.05) is 37.3 Å². The van der Waals surface area contributed by atoms with Crippen LogP contribution in [0.25, 0.3) is 0 Å². The molecule has 6 nitrogen and oxygen atoms in total. The van der Waals surface area contributed by atoms with Crippen LogP contribution in [0.2, 0.25) is 5.02 Å². The average molecular weight is 364 g/mol. The lowest BCUT2D eigenvalue weighted by molar-refractivity contribution is -0.123.